The molecule has 0 saturated carbocycles. The van der Waals surface area contributed by atoms with Gasteiger partial charge in [0.05, 0.1) is 5.56 Å². The van der Waals surface area contributed by atoms with E-state index in [1.165, 1.54) is 18.2 Å². The molecule has 0 unspecified atom stereocenters. The number of aryl methyl sites for hydroxylation is 1. The molecule has 3 aromatic rings. The average Bonchev–Trinajstić information content (AvgIpc) is 3.00. The molecule has 150 valence electrons. The van der Waals surface area contributed by atoms with Crippen molar-refractivity contribution in [1.29, 1.82) is 5.26 Å². The van der Waals surface area contributed by atoms with Gasteiger partial charge < -0.3 is 15.0 Å². The van der Waals surface area contributed by atoms with Crippen LogP contribution in [0.25, 0.3) is 11.8 Å². The number of amides is 1. The summed E-state index contributed by atoms with van der Waals surface area (Å²) < 4.78 is 1.93. The van der Waals surface area contributed by atoms with E-state index in [-0.39, 0.29) is 11.1 Å². The van der Waals surface area contributed by atoms with Crippen LogP contribution >= 0.6 is 11.6 Å². The third-order valence-corrected chi connectivity index (χ3v) is 4.86. The summed E-state index contributed by atoms with van der Waals surface area (Å²) in [5, 5.41) is 21.8. The summed E-state index contributed by atoms with van der Waals surface area (Å²) >= 11 is 5.85. The molecular formula is C23H18ClN3O3. The maximum absolute atomic E-state index is 12.5. The normalized spacial score (nSPS) is 11.1. The number of hydrogen-bond acceptors (Lipinski definition) is 3. The number of nitrogens with one attached hydrogen (secondary N) is 1. The largest absolute Gasteiger partial charge is 0.478 e. The van der Waals surface area contributed by atoms with Crippen LogP contribution in [0.5, 0.6) is 0 Å². The molecule has 6 nitrogen and oxygen atoms in total. The third kappa shape index (κ3) is 4.43. The molecule has 0 atom stereocenters. The lowest BCUT2D eigenvalue weighted by Gasteiger charge is -2.10. The molecule has 2 N–H and O–H groups in total. The molecule has 0 saturated heterocycles. The predicted octanol–water partition coefficient (Wildman–Crippen LogP) is 4.99. The zero-order valence-electron chi connectivity index (χ0n) is 16.3. The molecule has 0 bridgehead atoms. The molecule has 1 aromatic heterocycles. The van der Waals surface area contributed by atoms with Crippen molar-refractivity contribution in [3.63, 3.8) is 0 Å². The van der Waals surface area contributed by atoms with Gasteiger partial charge in [-0.1, -0.05) is 11.6 Å². The quantitative estimate of drug-likeness (QED) is 0.449. The summed E-state index contributed by atoms with van der Waals surface area (Å²) in [4.78, 5) is 23.6. The van der Waals surface area contributed by atoms with Crippen LogP contribution in [0.15, 0.2) is 60.2 Å². The van der Waals surface area contributed by atoms with Crippen molar-refractivity contribution in [2.75, 3.05) is 5.32 Å². The second-order valence-electron chi connectivity index (χ2n) is 6.64. The first-order valence-electron chi connectivity index (χ1n) is 9.01. The molecule has 3 rings (SSSR count). The highest BCUT2D eigenvalue weighted by atomic mass is 35.5. The fourth-order valence-electron chi connectivity index (χ4n) is 3.12. The molecule has 0 aliphatic heterocycles. The van der Waals surface area contributed by atoms with E-state index < -0.39 is 11.9 Å². The number of nitriles is 1. The van der Waals surface area contributed by atoms with Crippen molar-refractivity contribution in [3.05, 3.63) is 87.7 Å². The van der Waals surface area contributed by atoms with Gasteiger partial charge in [0, 0.05) is 27.8 Å². The number of benzene rings is 2. The molecule has 2 aromatic carbocycles. The van der Waals surface area contributed by atoms with Crippen molar-refractivity contribution in [1.82, 2.24) is 4.57 Å². The Balaban J connectivity index is 1.91. The van der Waals surface area contributed by atoms with Gasteiger partial charge in [0.25, 0.3) is 5.91 Å². The van der Waals surface area contributed by atoms with E-state index in [4.69, 9.17) is 16.7 Å². The molecule has 0 radical (unpaired) electrons. The maximum Gasteiger partial charge on any atom is 0.335 e. The van der Waals surface area contributed by atoms with Crippen molar-refractivity contribution < 1.29 is 14.7 Å². The van der Waals surface area contributed by atoms with E-state index in [9.17, 15) is 14.9 Å². The number of aromatic nitrogens is 1. The van der Waals surface area contributed by atoms with E-state index >= 15 is 0 Å². The summed E-state index contributed by atoms with van der Waals surface area (Å²) in [5.41, 5.74) is 3.92. The Morgan fingerprint density at radius 2 is 1.73 bits per heavy atom. The lowest BCUT2D eigenvalue weighted by Crippen LogP contribution is -2.13. The van der Waals surface area contributed by atoms with Crippen LogP contribution < -0.4 is 5.32 Å². The minimum absolute atomic E-state index is 0.0357. The Morgan fingerprint density at radius 3 is 2.30 bits per heavy atom. The van der Waals surface area contributed by atoms with Crippen LogP contribution in [0, 0.1) is 25.2 Å². The highest BCUT2D eigenvalue weighted by molar-refractivity contribution is 6.30. The van der Waals surface area contributed by atoms with Crippen molar-refractivity contribution in [2.45, 2.75) is 13.8 Å². The van der Waals surface area contributed by atoms with E-state index in [1.54, 1.807) is 36.4 Å². The van der Waals surface area contributed by atoms with Gasteiger partial charge in [0.15, 0.2) is 0 Å². The van der Waals surface area contributed by atoms with Crippen LogP contribution in [0.4, 0.5) is 5.69 Å². The molecule has 0 spiro atoms. The van der Waals surface area contributed by atoms with E-state index in [1.807, 2.05) is 30.6 Å². The summed E-state index contributed by atoms with van der Waals surface area (Å²) in [6.45, 7) is 3.77. The first kappa shape index (κ1) is 20.9. The maximum atomic E-state index is 12.5. The molecule has 30 heavy (non-hydrogen) atoms. The lowest BCUT2D eigenvalue weighted by atomic mass is 10.1. The number of halogens is 1. The highest BCUT2D eigenvalue weighted by Crippen LogP contribution is 2.24. The Hall–Kier alpha value is -3.82. The fraction of sp³-hybridized carbons (Fsp3) is 0.0870. The number of carbonyl (C=O) groups is 2. The fourth-order valence-corrected chi connectivity index (χ4v) is 3.25. The number of carboxylic acid groups (broad SMARTS) is 1. The Labute approximate surface area is 178 Å². The Morgan fingerprint density at radius 1 is 1.10 bits per heavy atom. The van der Waals surface area contributed by atoms with Crippen LogP contribution in [-0.2, 0) is 4.79 Å². The number of nitrogens with zero attached hydrogens (tertiary/aromatic N) is 2. The zero-order valence-corrected chi connectivity index (χ0v) is 17.1. The van der Waals surface area contributed by atoms with Gasteiger partial charge in [0.1, 0.15) is 11.6 Å². The van der Waals surface area contributed by atoms with Gasteiger partial charge in [-0.2, -0.15) is 5.26 Å². The standard InChI is InChI=1S/C23H18ClN3O3/c1-14-11-17(15(2)27(14)21-9-3-16(4-10-21)23(29)30)12-18(13-25)22(28)26-20-7-5-19(24)6-8-20/h3-12H,1-2H3,(H,26,28)(H,29,30). The number of rotatable bonds is 5. The van der Waals surface area contributed by atoms with Crippen LogP contribution in [0.2, 0.25) is 5.02 Å². The monoisotopic (exact) mass is 419 g/mol. The molecule has 7 heteroatoms. The van der Waals surface area contributed by atoms with Gasteiger partial charge in [-0.3, -0.25) is 4.79 Å². The summed E-state index contributed by atoms with van der Waals surface area (Å²) in [6, 6.07) is 16.9. The van der Waals surface area contributed by atoms with Crippen molar-refractivity contribution in [2.24, 2.45) is 0 Å². The van der Waals surface area contributed by atoms with Crippen LogP contribution in [0.3, 0.4) is 0 Å². The SMILES string of the molecule is Cc1cc(C=C(C#N)C(=O)Nc2ccc(Cl)cc2)c(C)n1-c1ccc(C(=O)O)cc1. The van der Waals surface area contributed by atoms with Crippen molar-refractivity contribution in [3.8, 4) is 11.8 Å². The van der Waals surface area contributed by atoms with E-state index in [2.05, 4.69) is 5.32 Å². The minimum Gasteiger partial charge on any atom is -0.478 e. The number of hydrogen-bond donors (Lipinski definition) is 2. The Kier molecular flexibility index (Phi) is 6.05. The highest BCUT2D eigenvalue weighted by Gasteiger charge is 2.14. The zero-order chi connectivity index (χ0) is 21.8. The number of aromatic carboxylic acids is 1. The van der Waals surface area contributed by atoms with Gasteiger partial charge >= 0.3 is 5.97 Å². The van der Waals surface area contributed by atoms with Gasteiger partial charge in [-0.25, -0.2) is 4.79 Å². The summed E-state index contributed by atoms with van der Waals surface area (Å²) in [7, 11) is 0. The topological polar surface area (TPSA) is 95.1 Å². The second-order valence-corrected chi connectivity index (χ2v) is 7.08. The molecular weight excluding hydrogens is 402 g/mol. The third-order valence-electron chi connectivity index (χ3n) is 4.61. The second kappa shape index (κ2) is 8.68. The lowest BCUT2D eigenvalue weighted by molar-refractivity contribution is -0.112. The smallest absolute Gasteiger partial charge is 0.335 e. The number of carbonyl (C=O) groups excluding carboxylic acids is 1. The Bertz CT molecular complexity index is 1180. The molecule has 1 amide bonds. The van der Waals surface area contributed by atoms with E-state index in [0.29, 0.717) is 10.7 Å². The molecule has 0 fully saturated rings. The van der Waals surface area contributed by atoms with E-state index in [0.717, 1.165) is 22.6 Å². The average molecular weight is 420 g/mol. The first-order chi connectivity index (χ1) is 14.3. The minimum atomic E-state index is -0.989. The summed E-state index contributed by atoms with van der Waals surface area (Å²) in [5.74, 6) is -1.51. The van der Waals surface area contributed by atoms with Crippen molar-refractivity contribution >= 4 is 35.2 Å². The van der Waals surface area contributed by atoms with Gasteiger partial charge in [-0.05, 0) is 80.1 Å². The number of carboxylic acids is 1. The van der Waals surface area contributed by atoms with Crippen LogP contribution in [0.1, 0.15) is 27.3 Å². The molecule has 0 aliphatic rings. The first-order valence-corrected chi connectivity index (χ1v) is 9.39. The van der Waals surface area contributed by atoms with Gasteiger partial charge in [0.2, 0.25) is 0 Å². The summed E-state index contributed by atoms with van der Waals surface area (Å²) in [6.07, 6.45) is 1.54. The molecule has 0 aliphatic carbocycles. The predicted molar refractivity (Wildman–Crippen MR) is 116 cm³/mol. The number of anilines is 1. The van der Waals surface area contributed by atoms with Gasteiger partial charge in [-0.15, -0.1) is 0 Å². The van der Waals surface area contributed by atoms with Crippen LogP contribution in [-0.4, -0.2) is 21.6 Å². The molecule has 1 heterocycles.